The number of aromatic nitrogens is 2. The van der Waals surface area contributed by atoms with Crippen LogP contribution in [0.15, 0.2) is 30.3 Å². The molecular weight excluding hydrogens is 283 g/mol. The third kappa shape index (κ3) is 4.34. The number of rotatable bonds is 4. The number of hydrogen-bond acceptors (Lipinski definition) is 4. The topological polar surface area (TPSA) is 61.0 Å². The smallest absolute Gasteiger partial charge is 0.406 e. The van der Waals surface area contributed by atoms with Gasteiger partial charge < -0.3 is 10.5 Å². The van der Waals surface area contributed by atoms with Crippen LogP contribution in [-0.2, 0) is 6.42 Å². The van der Waals surface area contributed by atoms with Gasteiger partial charge in [-0.25, -0.2) is 9.97 Å². The maximum absolute atomic E-state index is 12.1. The van der Waals surface area contributed by atoms with E-state index < -0.39 is 6.36 Å². The third-order valence-corrected chi connectivity index (χ3v) is 2.65. The number of ether oxygens (including phenoxy) is 1. The van der Waals surface area contributed by atoms with Gasteiger partial charge in [0.15, 0.2) is 5.82 Å². The van der Waals surface area contributed by atoms with Gasteiger partial charge in [0.05, 0.1) is 0 Å². The summed E-state index contributed by atoms with van der Waals surface area (Å²) in [6.07, 6.45) is -3.03. The number of benzene rings is 1. The van der Waals surface area contributed by atoms with Gasteiger partial charge in [-0.15, -0.1) is 13.2 Å². The summed E-state index contributed by atoms with van der Waals surface area (Å²) in [5.74, 6) is 0.431. The van der Waals surface area contributed by atoms with E-state index in [1.54, 1.807) is 6.07 Å². The van der Waals surface area contributed by atoms with Crippen LogP contribution in [0.4, 0.5) is 19.0 Å². The summed E-state index contributed by atoms with van der Waals surface area (Å²) in [7, 11) is 0. The standard InChI is InChI=1S/C14H14F3N3O/c1-2-3-10-8-12(18)20-13(19-10)9-4-6-11(7-5-9)21-14(15,16)17/h4-8H,2-3H2,1H3,(H2,18,19,20). The third-order valence-electron chi connectivity index (χ3n) is 2.65. The van der Waals surface area contributed by atoms with E-state index in [0.717, 1.165) is 18.5 Å². The Hall–Kier alpha value is -2.31. The number of nitrogens with two attached hydrogens (primary N) is 1. The average Bonchev–Trinajstić information content (AvgIpc) is 2.37. The van der Waals surface area contributed by atoms with Gasteiger partial charge in [0, 0.05) is 17.3 Å². The summed E-state index contributed by atoms with van der Waals surface area (Å²) < 4.78 is 40.1. The van der Waals surface area contributed by atoms with E-state index in [1.165, 1.54) is 24.3 Å². The second kappa shape index (κ2) is 5.99. The van der Waals surface area contributed by atoms with Gasteiger partial charge in [-0.05, 0) is 30.7 Å². The second-order valence-electron chi connectivity index (χ2n) is 4.43. The molecule has 1 heterocycles. The number of nitrogen functional groups attached to an aromatic ring is 1. The molecule has 1 aromatic heterocycles. The van der Waals surface area contributed by atoms with Crippen LogP contribution in [0.5, 0.6) is 5.75 Å². The highest BCUT2D eigenvalue weighted by Gasteiger charge is 2.30. The van der Waals surface area contributed by atoms with E-state index in [4.69, 9.17) is 5.73 Å². The normalized spacial score (nSPS) is 11.4. The Morgan fingerprint density at radius 3 is 2.38 bits per heavy atom. The Balaban J connectivity index is 2.26. The second-order valence-corrected chi connectivity index (χ2v) is 4.43. The van der Waals surface area contributed by atoms with Crippen molar-refractivity contribution in [2.75, 3.05) is 5.73 Å². The molecule has 0 aliphatic heterocycles. The van der Waals surface area contributed by atoms with Gasteiger partial charge in [-0.2, -0.15) is 0 Å². The fraction of sp³-hybridized carbons (Fsp3) is 0.286. The highest BCUT2D eigenvalue weighted by atomic mass is 19.4. The van der Waals surface area contributed by atoms with Gasteiger partial charge in [0.2, 0.25) is 0 Å². The average molecular weight is 297 g/mol. The van der Waals surface area contributed by atoms with Crippen molar-refractivity contribution >= 4 is 5.82 Å². The molecule has 0 radical (unpaired) electrons. The maximum atomic E-state index is 12.1. The molecule has 0 amide bonds. The number of halogens is 3. The molecule has 21 heavy (non-hydrogen) atoms. The van der Waals surface area contributed by atoms with Crippen LogP contribution in [-0.4, -0.2) is 16.3 Å². The van der Waals surface area contributed by atoms with Gasteiger partial charge >= 0.3 is 6.36 Å². The largest absolute Gasteiger partial charge is 0.573 e. The molecule has 112 valence electrons. The van der Waals surface area contributed by atoms with E-state index in [-0.39, 0.29) is 5.75 Å². The molecule has 0 spiro atoms. The zero-order valence-corrected chi connectivity index (χ0v) is 11.3. The van der Waals surface area contributed by atoms with E-state index in [2.05, 4.69) is 14.7 Å². The first-order chi connectivity index (χ1) is 9.87. The van der Waals surface area contributed by atoms with Crippen molar-refractivity contribution in [1.82, 2.24) is 9.97 Å². The lowest BCUT2D eigenvalue weighted by molar-refractivity contribution is -0.274. The number of anilines is 1. The Kier molecular flexibility index (Phi) is 4.30. The van der Waals surface area contributed by atoms with E-state index in [0.29, 0.717) is 17.2 Å². The summed E-state index contributed by atoms with van der Waals surface area (Å²) in [6.45, 7) is 2.02. The van der Waals surface area contributed by atoms with Gasteiger partial charge in [-0.3, -0.25) is 0 Å². The molecule has 0 saturated heterocycles. The predicted octanol–water partition coefficient (Wildman–Crippen LogP) is 3.58. The summed E-state index contributed by atoms with van der Waals surface area (Å²) in [6, 6.07) is 7.05. The number of aryl methyl sites for hydroxylation is 1. The van der Waals surface area contributed by atoms with Crippen molar-refractivity contribution in [1.29, 1.82) is 0 Å². The highest BCUT2D eigenvalue weighted by molar-refractivity contribution is 5.58. The highest BCUT2D eigenvalue weighted by Crippen LogP contribution is 2.25. The molecule has 0 fully saturated rings. The molecule has 0 aliphatic rings. The lowest BCUT2D eigenvalue weighted by Gasteiger charge is -2.09. The van der Waals surface area contributed by atoms with Crippen molar-refractivity contribution < 1.29 is 17.9 Å². The molecular formula is C14H14F3N3O. The maximum Gasteiger partial charge on any atom is 0.573 e. The van der Waals surface area contributed by atoms with Crippen LogP contribution in [0.2, 0.25) is 0 Å². The van der Waals surface area contributed by atoms with E-state index in [1.807, 2.05) is 6.92 Å². The quantitative estimate of drug-likeness (QED) is 0.937. The Morgan fingerprint density at radius 1 is 1.14 bits per heavy atom. The number of hydrogen-bond donors (Lipinski definition) is 1. The van der Waals surface area contributed by atoms with Gasteiger partial charge in [-0.1, -0.05) is 13.3 Å². The van der Waals surface area contributed by atoms with Crippen LogP contribution in [0.3, 0.4) is 0 Å². The Labute approximate surface area is 119 Å². The number of nitrogens with zero attached hydrogens (tertiary/aromatic N) is 2. The molecule has 0 aliphatic carbocycles. The summed E-state index contributed by atoms with van der Waals surface area (Å²) in [5.41, 5.74) is 7.10. The van der Waals surface area contributed by atoms with Crippen LogP contribution < -0.4 is 10.5 Å². The van der Waals surface area contributed by atoms with Crippen molar-refractivity contribution in [2.45, 2.75) is 26.1 Å². The summed E-state index contributed by atoms with van der Waals surface area (Å²) in [5, 5.41) is 0. The van der Waals surface area contributed by atoms with Crippen LogP contribution in [0.1, 0.15) is 19.0 Å². The zero-order valence-electron chi connectivity index (χ0n) is 11.3. The van der Waals surface area contributed by atoms with Crippen molar-refractivity contribution in [3.8, 4) is 17.1 Å². The first kappa shape index (κ1) is 15.1. The molecule has 7 heteroatoms. The van der Waals surface area contributed by atoms with Crippen LogP contribution in [0, 0.1) is 0 Å². The first-order valence-electron chi connectivity index (χ1n) is 6.37. The Morgan fingerprint density at radius 2 is 1.81 bits per heavy atom. The van der Waals surface area contributed by atoms with Crippen molar-refractivity contribution in [2.24, 2.45) is 0 Å². The molecule has 0 saturated carbocycles. The number of alkyl halides is 3. The fourth-order valence-corrected chi connectivity index (χ4v) is 1.84. The Bertz CT molecular complexity index is 612. The summed E-state index contributed by atoms with van der Waals surface area (Å²) in [4.78, 5) is 8.44. The zero-order chi connectivity index (χ0) is 15.5. The minimum Gasteiger partial charge on any atom is -0.406 e. The monoisotopic (exact) mass is 297 g/mol. The van der Waals surface area contributed by atoms with Crippen molar-refractivity contribution in [3.63, 3.8) is 0 Å². The fourth-order valence-electron chi connectivity index (χ4n) is 1.84. The molecule has 2 N–H and O–H groups in total. The van der Waals surface area contributed by atoms with E-state index in [9.17, 15) is 13.2 Å². The SMILES string of the molecule is CCCc1cc(N)nc(-c2ccc(OC(F)(F)F)cc2)n1. The van der Waals surface area contributed by atoms with Crippen molar-refractivity contribution in [3.05, 3.63) is 36.0 Å². The molecule has 0 bridgehead atoms. The minimum absolute atomic E-state index is 0.288. The lowest BCUT2D eigenvalue weighted by atomic mass is 10.2. The first-order valence-corrected chi connectivity index (χ1v) is 6.37. The predicted molar refractivity (Wildman–Crippen MR) is 72.6 cm³/mol. The molecule has 0 atom stereocenters. The molecule has 1 aromatic carbocycles. The minimum atomic E-state index is -4.70. The van der Waals surface area contributed by atoms with E-state index >= 15 is 0 Å². The van der Waals surface area contributed by atoms with Gasteiger partial charge in [0.1, 0.15) is 11.6 Å². The molecule has 2 aromatic rings. The summed E-state index contributed by atoms with van der Waals surface area (Å²) >= 11 is 0. The van der Waals surface area contributed by atoms with Crippen LogP contribution >= 0.6 is 0 Å². The molecule has 4 nitrogen and oxygen atoms in total. The molecule has 2 rings (SSSR count). The van der Waals surface area contributed by atoms with Crippen LogP contribution in [0.25, 0.3) is 11.4 Å². The lowest BCUT2D eigenvalue weighted by Crippen LogP contribution is -2.16. The van der Waals surface area contributed by atoms with Gasteiger partial charge in [0.25, 0.3) is 0 Å². The molecule has 0 unspecified atom stereocenters.